The number of aromatic nitrogens is 2. The van der Waals surface area contributed by atoms with E-state index in [9.17, 15) is 4.79 Å². The van der Waals surface area contributed by atoms with Crippen LogP contribution in [0, 0.1) is 0 Å². The fraction of sp³-hybridized carbons (Fsp3) is 0.478. The molecule has 160 valence electrons. The summed E-state index contributed by atoms with van der Waals surface area (Å²) in [5, 5.41) is 4.41. The highest BCUT2D eigenvalue weighted by Gasteiger charge is 2.25. The van der Waals surface area contributed by atoms with E-state index in [2.05, 4.69) is 24.1 Å². The molecule has 2 heterocycles. The minimum absolute atomic E-state index is 0.0528. The van der Waals surface area contributed by atoms with E-state index in [-0.39, 0.29) is 11.7 Å². The van der Waals surface area contributed by atoms with Crippen LogP contribution in [0.15, 0.2) is 35.4 Å². The van der Waals surface area contributed by atoms with Crippen LogP contribution in [0.3, 0.4) is 0 Å². The predicted octanol–water partition coefficient (Wildman–Crippen LogP) is 3.39. The van der Waals surface area contributed by atoms with Gasteiger partial charge in [0, 0.05) is 17.5 Å². The lowest BCUT2D eigenvalue weighted by atomic mass is 9.93. The first kappa shape index (κ1) is 21.0. The van der Waals surface area contributed by atoms with Crippen molar-refractivity contribution >= 4 is 21.6 Å². The van der Waals surface area contributed by atoms with Gasteiger partial charge >= 0.3 is 0 Å². The van der Waals surface area contributed by atoms with Gasteiger partial charge in [-0.3, -0.25) is 9.36 Å². The molecule has 7 heteroatoms. The summed E-state index contributed by atoms with van der Waals surface area (Å²) in [5.41, 5.74) is 2.27. The van der Waals surface area contributed by atoms with E-state index in [1.807, 2.05) is 24.3 Å². The number of thiophene rings is 1. The van der Waals surface area contributed by atoms with Gasteiger partial charge < -0.3 is 14.8 Å². The summed E-state index contributed by atoms with van der Waals surface area (Å²) < 4.78 is 12.6. The van der Waals surface area contributed by atoms with Crippen LogP contribution < -0.4 is 15.6 Å². The zero-order valence-corrected chi connectivity index (χ0v) is 18.6. The molecule has 0 bridgehead atoms. The fourth-order valence-electron chi connectivity index (χ4n) is 4.01. The van der Waals surface area contributed by atoms with E-state index in [1.54, 1.807) is 29.3 Å². The van der Waals surface area contributed by atoms with Gasteiger partial charge in [-0.15, -0.1) is 11.3 Å². The van der Waals surface area contributed by atoms with E-state index in [1.165, 1.54) is 10.4 Å². The molecule has 0 saturated heterocycles. The highest BCUT2D eigenvalue weighted by molar-refractivity contribution is 7.18. The van der Waals surface area contributed by atoms with E-state index in [0.29, 0.717) is 12.6 Å². The summed E-state index contributed by atoms with van der Waals surface area (Å²) in [7, 11) is 1.65. The second-order valence-corrected chi connectivity index (χ2v) is 9.11. The number of benzene rings is 1. The lowest BCUT2D eigenvalue weighted by Gasteiger charge is -2.23. The standard InChI is InChI=1S/C23H29N3O3S/c1-15(2)29-10-9-24-17-7-8-19-20(12-17)30-22-21(19)23(27)26(14-25-22)13-16-5-4-6-18(11-16)28-3/h4-6,11,14-15,17,24H,7-10,12-13H2,1-3H3/t17-/m1/s1. The van der Waals surface area contributed by atoms with Crippen molar-refractivity contribution in [3.8, 4) is 5.75 Å². The topological polar surface area (TPSA) is 65.4 Å². The highest BCUT2D eigenvalue weighted by Crippen LogP contribution is 2.33. The van der Waals surface area contributed by atoms with Crippen molar-refractivity contribution in [2.24, 2.45) is 0 Å². The van der Waals surface area contributed by atoms with E-state index >= 15 is 0 Å². The molecule has 0 spiro atoms. The van der Waals surface area contributed by atoms with E-state index in [0.717, 1.165) is 53.9 Å². The zero-order chi connectivity index (χ0) is 21.1. The average Bonchev–Trinajstić information content (AvgIpc) is 3.12. The smallest absolute Gasteiger partial charge is 0.262 e. The number of methoxy groups -OCH3 is 1. The van der Waals surface area contributed by atoms with Crippen molar-refractivity contribution in [3.63, 3.8) is 0 Å². The lowest BCUT2D eigenvalue weighted by Crippen LogP contribution is -2.36. The first-order valence-electron chi connectivity index (χ1n) is 10.5. The predicted molar refractivity (Wildman–Crippen MR) is 121 cm³/mol. The van der Waals surface area contributed by atoms with Gasteiger partial charge in [0.1, 0.15) is 10.6 Å². The minimum Gasteiger partial charge on any atom is -0.497 e. The Kier molecular flexibility index (Phi) is 6.51. The molecule has 3 aromatic rings. The Balaban J connectivity index is 1.52. The summed E-state index contributed by atoms with van der Waals surface area (Å²) in [6.07, 6.45) is 4.83. The molecule has 0 aliphatic heterocycles. The van der Waals surface area contributed by atoms with Crippen LogP contribution in [0.1, 0.15) is 36.3 Å². The van der Waals surface area contributed by atoms with Crippen LogP contribution in [-0.2, 0) is 24.1 Å². The Morgan fingerprint density at radius 1 is 1.37 bits per heavy atom. The molecule has 0 amide bonds. The summed E-state index contributed by atoms with van der Waals surface area (Å²) >= 11 is 1.67. The van der Waals surface area contributed by atoms with Crippen LogP contribution >= 0.6 is 11.3 Å². The molecule has 2 aromatic heterocycles. The molecule has 0 fully saturated rings. The number of ether oxygens (including phenoxy) is 2. The maximum absolute atomic E-state index is 13.2. The van der Waals surface area contributed by atoms with Crippen LogP contribution in [0.5, 0.6) is 5.75 Å². The van der Waals surface area contributed by atoms with Gasteiger partial charge in [-0.05, 0) is 56.4 Å². The zero-order valence-electron chi connectivity index (χ0n) is 17.8. The number of nitrogens with zero attached hydrogens (tertiary/aromatic N) is 2. The van der Waals surface area contributed by atoms with Crippen LogP contribution in [0.25, 0.3) is 10.2 Å². The molecule has 6 nitrogen and oxygen atoms in total. The van der Waals surface area contributed by atoms with Gasteiger partial charge in [0.05, 0.1) is 38.1 Å². The third kappa shape index (κ3) is 4.58. The van der Waals surface area contributed by atoms with Crippen molar-refractivity contribution in [3.05, 3.63) is 57.0 Å². The van der Waals surface area contributed by atoms with Crippen LogP contribution in [0.4, 0.5) is 0 Å². The van der Waals surface area contributed by atoms with Crippen molar-refractivity contribution in [1.29, 1.82) is 0 Å². The van der Waals surface area contributed by atoms with Gasteiger partial charge in [0.2, 0.25) is 0 Å². The van der Waals surface area contributed by atoms with Gasteiger partial charge in [-0.1, -0.05) is 12.1 Å². The first-order valence-corrected chi connectivity index (χ1v) is 11.3. The third-order valence-electron chi connectivity index (χ3n) is 5.51. The number of rotatable bonds is 8. The van der Waals surface area contributed by atoms with Crippen molar-refractivity contribution in [2.45, 2.75) is 51.8 Å². The Morgan fingerprint density at radius 3 is 3.03 bits per heavy atom. The quantitative estimate of drug-likeness (QED) is 0.558. The summed E-state index contributed by atoms with van der Waals surface area (Å²) in [4.78, 5) is 20.0. The second kappa shape index (κ2) is 9.29. The van der Waals surface area contributed by atoms with E-state index in [4.69, 9.17) is 9.47 Å². The molecular weight excluding hydrogens is 398 g/mol. The molecule has 1 aliphatic rings. The van der Waals surface area contributed by atoms with Crippen LogP contribution in [0.2, 0.25) is 0 Å². The molecule has 30 heavy (non-hydrogen) atoms. The number of aryl methyl sites for hydroxylation is 1. The van der Waals surface area contributed by atoms with Crippen molar-refractivity contribution in [2.75, 3.05) is 20.3 Å². The molecule has 0 saturated carbocycles. The number of nitrogens with one attached hydrogen (secondary N) is 1. The molecule has 0 radical (unpaired) electrons. The average molecular weight is 428 g/mol. The Labute approximate surface area is 180 Å². The van der Waals surface area contributed by atoms with Crippen molar-refractivity contribution in [1.82, 2.24) is 14.9 Å². The minimum atomic E-state index is 0.0528. The number of fused-ring (bicyclic) bond motifs is 3. The molecule has 1 aliphatic carbocycles. The van der Waals surface area contributed by atoms with Crippen LogP contribution in [-0.4, -0.2) is 42.0 Å². The van der Waals surface area contributed by atoms with Crippen molar-refractivity contribution < 1.29 is 9.47 Å². The van der Waals surface area contributed by atoms with Gasteiger partial charge in [-0.2, -0.15) is 0 Å². The number of hydrogen-bond acceptors (Lipinski definition) is 6. The fourth-order valence-corrected chi connectivity index (χ4v) is 5.27. The Morgan fingerprint density at radius 2 is 2.23 bits per heavy atom. The van der Waals surface area contributed by atoms with Gasteiger partial charge in [0.15, 0.2) is 0 Å². The second-order valence-electron chi connectivity index (χ2n) is 8.03. The molecule has 0 unspecified atom stereocenters. The molecule has 1 atom stereocenters. The monoisotopic (exact) mass is 427 g/mol. The first-order chi connectivity index (χ1) is 14.5. The maximum atomic E-state index is 13.2. The third-order valence-corrected chi connectivity index (χ3v) is 6.67. The SMILES string of the molecule is COc1cccc(Cn2cnc3sc4c(c3c2=O)CC[C@@H](NCCOC(C)C)C4)c1. The number of hydrogen-bond donors (Lipinski definition) is 1. The van der Waals surface area contributed by atoms with Gasteiger partial charge in [-0.25, -0.2) is 4.98 Å². The Hall–Kier alpha value is -2.22. The van der Waals surface area contributed by atoms with Gasteiger partial charge in [0.25, 0.3) is 5.56 Å². The maximum Gasteiger partial charge on any atom is 0.262 e. The largest absolute Gasteiger partial charge is 0.497 e. The molecule has 4 rings (SSSR count). The van der Waals surface area contributed by atoms with E-state index < -0.39 is 0 Å². The molecular formula is C23H29N3O3S. The normalized spacial score (nSPS) is 16.2. The summed E-state index contributed by atoms with van der Waals surface area (Å²) in [6.45, 7) is 6.18. The summed E-state index contributed by atoms with van der Waals surface area (Å²) in [6, 6.07) is 8.24. The molecule has 1 aromatic carbocycles. The lowest BCUT2D eigenvalue weighted by molar-refractivity contribution is 0.0791. The molecule has 1 N–H and O–H groups in total. The summed E-state index contributed by atoms with van der Waals surface area (Å²) in [5.74, 6) is 0.792. The Bertz CT molecular complexity index is 1070. The highest BCUT2D eigenvalue weighted by atomic mass is 32.1.